The summed E-state index contributed by atoms with van der Waals surface area (Å²) < 4.78 is 2.88. The summed E-state index contributed by atoms with van der Waals surface area (Å²) >= 11 is 22.5. The molecule has 0 radical (unpaired) electrons. The molecule has 13 heavy (non-hydrogen) atoms. The Morgan fingerprint density at radius 2 is 2.08 bits per heavy atom. The highest BCUT2D eigenvalue weighted by molar-refractivity contribution is 6.57. The van der Waals surface area contributed by atoms with E-state index in [0.29, 0.717) is 12.3 Å². The molecule has 78 valence electrons. The minimum Gasteiger partial charge on any atom is -0.467 e. The van der Waals surface area contributed by atoms with Gasteiger partial charge in [-0.05, 0) is 12.8 Å². The molecule has 0 aromatic rings. The second-order valence-electron chi connectivity index (χ2n) is 2.49. The molecule has 0 fully saturated rings. The van der Waals surface area contributed by atoms with Crippen molar-refractivity contribution in [2.75, 3.05) is 13.0 Å². The summed E-state index contributed by atoms with van der Waals surface area (Å²) in [6.45, 7) is 0. The van der Waals surface area contributed by atoms with Gasteiger partial charge < -0.3 is 4.74 Å². The standard InChI is InChI=1S/C7H10Cl4O2/c1-13-6(12)7(10,11)3-2-5(9)4-8/h5H,2-4H2,1H3. The van der Waals surface area contributed by atoms with Gasteiger partial charge in [0.05, 0.1) is 7.11 Å². The van der Waals surface area contributed by atoms with E-state index in [4.69, 9.17) is 46.4 Å². The van der Waals surface area contributed by atoms with Crippen molar-refractivity contribution in [2.24, 2.45) is 0 Å². The SMILES string of the molecule is COC(=O)C(Cl)(Cl)CCC(Cl)CCl. The Hall–Kier alpha value is 0.630. The summed E-state index contributed by atoms with van der Waals surface area (Å²) in [6, 6.07) is 0. The van der Waals surface area contributed by atoms with E-state index in [2.05, 4.69) is 4.74 Å². The molecule has 0 aromatic heterocycles. The highest BCUT2D eigenvalue weighted by Gasteiger charge is 2.34. The van der Waals surface area contributed by atoms with Gasteiger partial charge in [0.25, 0.3) is 0 Å². The van der Waals surface area contributed by atoms with Gasteiger partial charge in [-0.2, -0.15) is 0 Å². The van der Waals surface area contributed by atoms with Gasteiger partial charge in [-0.15, -0.1) is 23.2 Å². The van der Waals surface area contributed by atoms with E-state index >= 15 is 0 Å². The summed E-state index contributed by atoms with van der Waals surface area (Å²) in [5.41, 5.74) is 0. The molecule has 0 heterocycles. The average Bonchev–Trinajstić information content (AvgIpc) is 2.12. The first-order chi connectivity index (χ1) is 5.94. The fraction of sp³-hybridized carbons (Fsp3) is 0.857. The van der Waals surface area contributed by atoms with Crippen molar-refractivity contribution in [1.29, 1.82) is 0 Å². The molecule has 0 aliphatic carbocycles. The zero-order chi connectivity index (χ0) is 10.5. The molecule has 0 bridgehead atoms. The molecule has 0 aromatic carbocycles. The number of hydrogen-bond acceptors (Lipinski definition) is 2. The van der Waals surface area contributed by atoms with Crippen molar-refractivity contribution in [3.05, 3.63) is 0 Å². The van der Waals surface area contributed by atoms with Crippen LogP contribution >= 0.6 is 46.4 Å². The van der Waals surface area contributed by atoms with Gasteiger partial charge in [0.1, 0.15) is 0 Å². The van der Waals surface area contributed by atoms with Gasteiger partial charge >= 0.3 is 5.97 Å². The largest absolute Gasteiger partial charge is 0.467 e. The van der Waals surface area contributed by atoms with E-state index in [1.807, 2.05) is 0 Å². The Labute approximate surface area is 97.4 Å². The van der Waals surface area contributed by atoms with Crippen LogP contribution in [-0.2, 0) is 9.53 Å². The first-order valence-corrected chi connectivity index (χ1v) is 5.33. The predicted octanol–water partition coefficient (Wildman–Crippen LogP) is 2.96. The van der Waals surface area contributed by atoms with E-state index in [9.17, 15) is 4.79 Å². The van der Waals surface area contributed by atoms with E-state index in [-0.39, 0.29) is 11.8 Å². The molecule has 0 N–H and O–H groups in total. The van der Waals surface area contributed by atoms with Crippen LogP contribution in [0.15, 0.2) is 0 Å². The molecular weight excluding hydrogens is 258 g/mol. The molecule has 0 saturated heterocycles. The van der Waals surface area contributed by atoms with Crippen molar-refractivity contribution in [3.8, 4) is 0 Å². The topological polar surface area (TPSA) is 26.3 Å². The van der Waals surface area contributed by atoms with E-state index in [1.165, 1.54) is 7.11 Å². The van der Waals surface area contributed by atoms with Gasteiger partial charge in [-0.3, -0.25) is 0 Å². The van der Waals surface area contributed by atoms with Crippen LogP contribution in [0.3, 0.4) is 0 Å². The van der Waals surface area contributed by atoms with Crippen LogP contribution in [0.1, 0.15) is 12.8 Å². The monoisotopic (exact) mass is 266 g/mol. The lowest BCUT2D eigenvalue weighted by Crippen LogP contribution is -2.28. The van der Waals surface area contributed by atoms with Crippen molar-refractivity contribution in [3.63, 3.8) is 0 Å². The van der Waals surface area contributed by atoms with Crippen LogP contribution in [0, 0.1) is 0 Å². The van der Waals surface area contributed by atoms with Gasteiger partial charge in [-0.1, -0.05) is 23.2 Å². The highest BCUT2D eigenvalue weighted by atomic mass is 35.5. The summed E-state index contributed by atoms with van der Waals surface area (Å²) in [6.07, 6.45) is 0.691. The van der Waals surface area contributed by atoms with Crippen LogP contribution in [0.25, 0.3) is 0 Å². The Balaban J connectivity index is 3.95. The number of carbonyl (C=O) groups excluding carboxylic acids is 1. The summed E-state index contributed by atoms with van der Waals surface area (Å²) in [5.74, 6) is -0.374. The second kappa shape index (κ2) is 6.18. The molecule has 0 aliphatic heterocycles. The number of rotatable bonds is 5. The van der Waals surface area contributed by atoms with Crippen LogP contribution in [0.4, 0.5) is 0 Å². The fourth-order valence-corrected chi connectivity index (χ4v) is 1.30. The third-order valence-electron chi connectivity index (χ3n) is 1.42. The molecule has 0 amide bonds. The number of esters is 1. The van der Waals surface area contributed by atoms with Crippen molar-refractivity contribution in [2.45, 2.75) is 22.6 Å². The van der Waals surface area contributed by atoms with Gasteiger partial charge in [0.2, 0.25) is 4.33 Å². The zero-order valence-electron chi connectivity index (χ0n) is 7.03. The quantitative estimate of drug-likeness (QED) is 0.566. The number of alkyl halides is 4. The zero-order valence-corrected chi connectivity index (χ0v) is 10.1. The fourth-order valence-electron chi connectivity index (χ4n) is 0.666. The number of halogens is 4. The molecule has 1 unspecified atom stereocenters. The van der Waals surface area contributed by atoms with Crippen LogP contribution < -0.4 is 0 Å². The van der Waals surface area contributed by atoms with E-state index in [0.717, 1.165) is 0 Å². The lowest BCUT2D eigenvalue weighted by molar-refractivity contribution is -0.141. The lowest BCUT2D eigenvalue weighted by Gasteiger charge is -2.17. The van der Waals surface area contributed by atoms with Crippen LogP contribution in [0.2, 0.25) is 0 Å². The van der Waals surface area contributed by atoms with E-state index in [1.54, 1.807) is 0 Å². The third-order valence-corrected chi connectivity index (χ3v) is 3.01. The number of methoxy groups -OCH3 is 1. The minimum atomic E-state index is -1.52. The number of ether oxygens (including phenoxy) is 1. The summed E-state index contributed by atoms with van der Waals surface area (Å²) in [4.78, 5) is 11.0. The Morgan fingerprint density at radius 3 is 2.46 bits per heavy atom. The maximum atomic E-state index is 11.0. The maximum absolute atomic E-state index is 11.0. The minimum absolute atomic E-state index is 0.226. The van der Waals surface area contributed by atoms with Gasteiger partial charge in [-0.25, -0.2) is 4.79 Å². The highest BCUT2D eigenvalue weighted by Crippen LogP contribution is 2.29. The molecular formula is C7H10Cl4O2. The van der Waals surface area contributed by atoms with Gasteiger partial charge in [0, 0.05) is 11.3 Å². The summed E-state index contributed by atoms with van der Waals surface area (Å²) in [7, 11) is 1.22. The third kappa shape index (κ3) is 5.16. The Bertz CT molecular complexity index is 172. The summed E-state index contributed by atoms with van der Waals surface area (Å²) in [5, 5.41) is -0.233. The molecule has 1 atom stereocenters. The van der Waals surface area contributed by atoms with Gasteiger partial charge in [0.15, 0.2) is 0 Å². The normalized spacial score (nSPS) is 13.9. The van der Waals surface area contributed by atoms with Crippen molar-refractivity contribution in [1.82, 2.24) is 0 Å². The average molecular weight is 268 g/mol. The molecule has 0 saturated carbocycles. The second-order valence-corrected chi connectivity index (χ2v) is 4.90. The maximum Gasteiger partial charge on any atom is 0.342 e. The Kier molecular flexibility index (Phi) is 6.48. The first kappa shape index (κ1) is 13.6. The molecule has 2 nitrogen and oxygen atoms in total. The molecule has 6 heteroatoms. The predicted molar refractivity (Wildman–Crippen MR) is 56.0 cm³/mol. The smallest absolute Gasteiger partial charge is 0.342 e. The number of carbonyl (C=O) groups is 1. The first-order valence-electron chi connectivity index (χ1n) is 3.60. The van der Waals surface area contributed by atoms with Crippen molar-refractivity contribution >= 4 is 52.4 Å². The van der Waals surface area contributed by atoms with E-state index < -0.39 is 10.3 Å². The molecule has 0 rings (SSSR count). The lowest BCUT2D eigenvalue weighted by atomic mass is 10.2. The number of hydrogen-bond donors (Lipinski definition) is 0. The van der Waals surface area contributed by atoms with Crippen LogP contribution in [-0.4, -0.2) is 28.7 Å². The molecule has 0 aliphatic rings. The molecule has 0 spiro atoms. The van der Waals surface area contributed by atoms with Crippen LogP contribution in [0.5, 0.6) is 0 Å². The van der Waals surface area contributed by atoms with Crippen molar-refractivity contribution < 1.29 is 9.53 Å². The Morgan fingerprint density at radius 1 is 1.54 bits per heavy atom.